The number of benzene rings is 2. The van der Waals surface area contributed by atoms with E-state index in [1.165, 1.54) is 49.3 Å². The zero-order valence-corrected chi connectivity index (χ0v) is 25.5. The third-order valence-electron chi connectivity index (χ3n) is 5.94. The average Bonchev–Trinajstić information content (AvgIpc) is 3.23. The van der Waals surface area contributed by atoms with Crippen LogP contribution in [0, 0.1) is 6.92 Å². The Morgan fingerprint density at radius 1 is 1.02 bits per heavy atom. The molecule has 3 aromatic rings. The fraction of sp³-hybridized carbons (Fsp3) is 0.364. The van der Waals surface area contributed by atoms with E-state index in [0.29, 0.717) is 11.0 Å². The van der Waals surface area contributed by atoms with Gasteiger partial charge in [-0.2, -0.15) is 5.10 Å². The fourth-order valence-corrected chi connectivity index (χ4v) is 4.51. The molecule has 0 bridgehead atoms. The Kier molecular flexibility index (Phi) is 15.9. The maximum absolute atomic E-state index is 5.78. The molecule has 0 aliphatic heterocycles. The molecule has 6 nitrogen and oxygen atoms in total. The zero-order chi connectivity index (χ0) is 29.0. The minimum atomic E-state index is 0.568. The van der Waals surface area contributed by atoms with Gasteiger partial charge in [-0.15, -0.1) is 0 Å². The van der Waals surface area contributed by atoms with Gasteiger partial charge in [-0.3, -0.25) is 0 Å². The summed E-state index contributed by atoms with van der Waals surface area (Å²) < 4.78 is 5.78. The van der Waals surface area contributed by atoms with Crippen molar-refractivity contribution in [1.82, 2.24) is 9.88 Å². The lowest BCUT2D eigenvalue weighted by molar-refractivity contribution is 0.284. The Bertz CT molecular complexity index is 1210. The number of aromatic nitrogens is 1. The van der Waals surface area contributed by atoms with Gasteiger partial charge >= 0.3 is 0 Å². The van der Waals surface area contributed by atoms with Gasteiger partial charge in [-0.25, -0.2) is 9.98 Å². The number of fused-ring (bicyclic) bond motifs is 1. The first kappa shape index (κ1) is 32.7. The van der Waals surface area contributed by atoms with Gasteiger partial charge in [0, 0.05) is 12.6 Å². The van der Waals surface area contributed by atoms with Crippen molar-refractivity contribution < 1.29 is 4.74 Å². The Balaban J connectivity index is 0.000000224. The van der Waals surface area contributed by atoms with E-state index in [9.17, 15) is 0 Å². The molecule has 2 N–H and O–H groups in total. The van der Waals surface area contributed by atoms with Crippen LogP contribution >= 0.6 is 11.3 Å². The smallest absolute Gasteiger partial charge is 0.279 e. The summed E-state index contributed by atoms with van der Waals surface area (Å²) in [6.07, 6.45) is 14.8. The highest BCUT2D eigenvalue weighted by Crippen LogP contribution is 2.31. The van der Waals surface area contributed by atoms with Crippen molar-refractivity contribution in [2.75, 3.05) is 19.6 Å². The number of unbranched alkanes of at least 4 members (excludes halogenated alkanes) is 1. The van der Waals surface area contributed by atoms with Gasteiger partial charge in [-0.05, 0) is 70.1 Å². The normalized spacial score (nSPS) is 12.3. The van der Waals surface area contributed by atoms with Crippen LogP contribution in [0.1, 0.15) is 68.7 Å². The molecule has 214 valence electrons. The second-order valence-electron chi connectivity index (χ2n) is 9.33. The lowest BCUT2D eigenvalue weighted by Crippen LogP contribution is -2.25. The molecule has 1 aromatic heterocycles. The number of aryl methyl sites for hydroxylation is 1. The number of nitrogens with zero attached hydrogens (tertiary/aromatic N) is 4. The number of rotatable bonds is 9. The van der Waals surface area contributed by atoms with Crippen molar-refractivity contribution in [1.29, 1.82) is 0 Å². The second kappa shape index (κ2) is 19.5. The lowest BCUT2D eigenvalue weighted by Gasteiger charge is -2.18. The molecular weight excluding hydrogens is 514 g/mol. The van der Waals surface area contributed by atoms with Crippen LogP contribution in [0.15, 0.2) is 82.9 Å². The third-order valence-corrected chi connectivity index (χ3v) is 6.88. The van der Waals surface area contributed by atoms with E-state index in [0.717, 1.165) is 23.4 Å². The van der Waals surface area contributed by atoms with Gasteiger partial charge in [0.05, 0.1) is 10.6 Å². The number of allylic oxidation sites excluding steroid dienone is 3. The SMILES string of the molecule is C/C(N=Cc1ccccc1)=N/N.CCCCN(CC)CCC.Cc1ccc(Oc2nc3c(s2)C=CC=CC3)cc1. The number of amidine groups is 1. The fourth-order valence-electron chi connectivity index (χ4n) is 3.64. The van der Waals surface area contributed by atoms with Crippen LogP contribution in [0.25, 0.3) is 6.08 Å². The van der Waals surface area contributed by atoms with Crippen LogP contribution in [-0.2, 0) is 6.42 Å². The molecule has 1 aliphatic rings. The lowest BCUT2D eigenvalue weighted by atomic mass is 10.2. The first-order valence-corrected chi connectivity index (χ1v) is 14.9. The minimum absolute atomic E-state index is 0.568. The van der Waals surface area contributed by atoms with E-state index in [1.54, 1.807) is 24.5 Å². The molecule has 7 heteroatoms. The molecule has 0 atom stereocenters. The molecular formula is C33H45N5OS. The first-order chi connectivity index (χ1) is 19.5. The van der Waals surface area contributed by atoms with Crippen molar-refractivity contribution in [3.8, 4) is 10.9 Å². The first-order valence-electron chi connectivity index (χ1n) is 14.1. The molecule has 1 aliphatic carbocycles. The number of ether oxygens (including phenoxy) is 1. The highest BCUT2D eigenvalue weighted by Gasteiger charge is 2.10. The number of hydrogen-bond acceptors (Lipinski definition) is 6. The van der Waals surface area contributed by atoms with Crippen molar-refractivity contribution in [3.63, 3.8) is 0 Å². The highest BCUT2D eigenvalue weighted by molar-refractivity contribution is 7.14. The molecule has 2 aromatic carbocycles. The van der Waals surface area contributed by atoms with Crippen LogP contribution < -0.4 is 10.6 Å². The molecule has 40 heavy (non-hydrogen) atoms. The standard InChI is InChI=1S/C15H13NOS.C9H11N3.C9H21N/c1-11-7-9-12(10-8-11)17-15-16-13-5-3-2-4-6-14(13)18-15;1-8(12-10)11-7-9-5-3-2-4-6-9;1-4-7-9-10(6-3)8-5-2/h2-4,6-10H,5H2,1H3;2-7H,10H2,1H3;4-9H2,1-3H3/b;11-7?,12-8-;. The predicted octanol–water partition coefficient (Wildman–Crippen LogP) is 8.29. The summed E-state index contributed by atoms with van der Waals surface area (Å²) >= 11 is 1.59. The second-order valence-corrected chi connectivity index (χ2v) is 10.3. The van der Waals surface area contributed by atoms with E-state index in [-0.39, 0.29) is 0 Å². The summed E-state index contributed by atoms with van der Waals surface area (Å²) in [4.78, 5) is 12.2. The van der Waals surface area contributed by atoms with Gasteiger partial charge in [0.25, 0.3) is 5.19 Å². The number of hydrogen-bond donors (Lipinski definition) is 1. The van der Waals surface area contributed by atoms with Crippen molar-refractivity contribution >= 4 is 29.5 Å². The molecule has 0 fully saturated rings. The molecule has 0 radical (unpaired) electrons. The summed E-state index contributed by atoms with van der Waals surface area (Å²) in [5, 5.41) is 4.13. The number of thiazole rings is 1. The Labute approximate surface area is 245 Å². The molecule has 0 saturated carbocycles. The zero-order valence-electron chi connectivity index (χ0n) is 24.7. The summed E-state index contributed by atoms with van der Waals surface area (Å²) in [5.41, 5.74) is 3.36. The number of aliphatic imine (C=N–C) groups is 1. The topological polar surface area (TPSA) is 76.1 Å². The van der Waals surface area contributed by atoms with E-state index in [1.807, 2.05) is 60.7 Å². The van der Waals surface area contributed by atoms with E-state index < -0.39 is 0 Å². The molecule has 1 heterocycles. The Morgan fingerprint density at radius 2 is 1.77 bits per heavy atom. The summed E-state index contributed by atoms with van der Waals surface area (Å²) in [7, 11) is 0. The third kappa shape index (κ3) is 13.0. The molecule has 0 saturated heterocycles. The van der Waals surface area contributed by atoms with Crippen LogP contribution in [0.5, 0.6) is 10.9 Å². The molecule has 0 unspecified atom stereocenters. The number of hydrazone groups is 1. The number of nitrogens with two attached hydrogens (primary N) is 1. The van der Waals surface area contributed by atoms with Gasteiger partial charge in [0.15, 0.2) is 0 Å². The van der Waals surface area contributed by atoms with E-state index in [2.05, 4.69) is 65.9 Å². The molecule has 4 rings (SSSR count). The molecule has 0 amide bonds. The maximum Gasteiger partial charge on any atom is 0.279 e. The van der Waals surface area contributed by atoms with Gasteiger partial charge in [0.1, 0.15) is 11.6 Å². The van der Waals surface area contributed by atoms with Crippen molar-refractivity contribution in [3.05, 3.63) is 94.5 Å². The minimum Gasteiger partial charge on any atom is -0.431 e. The quantitative estimate of drug-likeness (QED) is 0.124. The van der Waals surface area contributed by atoms with Crippen LogP contribution in [0.3, 0.4) is 0 Å². The van der Waals surface area contributed by atoms with Crippen molar-refractivity contribution in [2.24, 2.45) is 15.9 Å². The summed E-state index contributed by atoms with van der Waals surface area (Å²) in [6, 6.07) is 17.8. The highest BCUT2D eigenvalue weighted by atomic mass is 32.1. The van der Waals surface area contributed by atoms with Crippen LogP contribution in [-0.4, -0.2) is 41.6 Å². The van der Waals surface area contributed by atoms with Crippen LogP contribution in [0.2, 0.25) is 0 Å². The maximum atomic E-state index is 5.78. The monoisotopic (exact) mass is 559 g/mol. The Hall–Kier alpha value is -3.55. The Morgan fingerprint density at radius 3 is 2.42 bits per heavy atom. The molecule has 0 spiro atoms. The van der Waals surface area contributed by atoms with Crippen molar-refractivity contribution in [2.45, 2.75) is 60.3 Å². The van der Waals surface area contributed by atoms with Crippen LogP contribution in [0.4, 0.5) is 0 Å². The average molecular weight is 560 g/mol. The largest absolute Gasteiger partial charge is 0.431 e. The van der Waals surface area contributed by atoms with E-state index in [4.69, 9.17) is 10.6 Å². The summed E-state index contributed by atoms with van der Waals surface area (Å²) in [5.74, 6) is 6.42. The van der Waals surface area contributed by atoms with Gasteiger partial charge in [-0.1, -0.05) is 105 Å². The van der Waals surface area contributed by atoms with E-state index >= 15 is 0 Å². The van der Waals surface area contributed by atoms with Gasteiger partial charge < -0.3 is 15.5 Å². The summed E-state index contributed by atoms with van der Waals surface area (Å²) in [6.45, 7) is 14.3. The predicted molar refractivity (Wildman–Crippen MR) is 174 cm³/mol. The van der Waals surface area contributed by atoms with Gasteiger partial charge in [0.2, 0.25) is 0 Å².